The summed E-state index contributed by atoms with van der Waals surface area (Å²) in [5.74, 6) is -2.48. The van der Waals surface area contributed by atoms with E-state index in [1.54, 1.807) is 6.07 Å². The Labute approximate surface area is 198 Å². The maximum absolute atomic E-state index is 14.0. The summed E-state index contributed by atoms with van der Waals surface area (Å²) in [6, 6.07) is 12.4. The third kappa shape index (κ3) is 2.66. The average Bonchev–Trinajstić information content (AvgIpc) is 3.48. The molecule has 2 aromatic rings. The molecule has 0 unspecified atom stereocenters. The van der Waals surface area contributed by atoms with Gasteiger partial charge in [0.25, 0.3) is 11.5 Å². The third-order valence-corrected chi connectivity index (χ3v) is 7.54. The van der Waals surface area contributed by atoms with Crippen LogP contribution in [0.15, 0.2) is 42.5 Å². The maximum atomic E-state index is 14.0. The van der Waals surface area contributed by atoms with Gasteiger partial charge < -0.3 is 19.5 Å². The normalized spacial score (nSPS) is 29.5. The predicted molar refractivity (Wildman–Crippen MR) is 123 cm³/mol. The van der Waals surface area contributed by atoms with Crippen molar-refractivity contribution in [3.8, 4) is 5.75 Å². The fourth-order valence-electron chi connectivity index (χ4n) is 6.21. The predicted octanol–water partition coefficient (Wildman–Crippen LogP) is 2.71. The highest BCUT2D eigenvalue weighted by Gasteiger charge is 2.82. The molecule has 0 saturated carbocycles. The van der Waals surface area contributed by atoms with Gasteiger partial charge in [-0.25, -0.2) is 4.79 Å². The van der Waals surface area contributed by atoms with Gasteiger partial charge >= 0.3 is 11.9 Å². The van der Waals surface area contributed by atoms with Gasteiger partial charge in [-0.1, -0.05) is 30.3 Å². The molecule has 3 heterocycles. The number of aryl methyl sites for hydroxylation is 2. The fourth-order valence-corrected chi connectivity index (χ4v) is 6.21. The van der Waals surface area contributed by atoms with E-state index in [9.17, 15) is 14.4 Å². The number of nitrogens with zero attached hydrogens (tertiary/aromatic N) is 1. The summed E-state index contributed by atoms with van der Waals surface area (Å²) in [5, 5.41) is 2.95. The fraction of sp³-hybridized carbons (Fsp3) is 0.423. The zero-order valence-corrected chi connectivity index (χ0v) is 19.7. The van der Waals surface area contributed by atoms with E-state index in [4.69, 9.17) is 14.2 Å². The van der Waals surface area contributed by atoms with Crippen molar-refractivity contribution in [2.24, 2.45) is 5.92 Å². The highest BCUT2D eigenvalue weighted by atomic mass is 16.6. The summed E-state index contributed by atoms with van der Waals surface area (Å²) in [5.41, 5.74) is -0.747. The van der Waals surface area contributed by atoms with Crippen molar-refractivity contribution in [1.82, 2.24) is 4.90 Å². The first-order valence-electron chi connectivity index (χ1n) is 11.4. The molecule has 3 aliphatic rings. The van der Waals surface area contributed by atoms with E-state index in [-0.39, 0.29) is 0 Å². The summed E-state index contributed by atoms with van der Waals surface area (Å²) in [4.78, 5) is 43.4. The van der Waals surface area contributed by atoms with Gasteiger partial charge in [0.2, 0.25) is 0 Å². The Bertz CT molecular complexity index is 1200. The van der Waals surface area contributed by atoms with Crippen LogP contribution in [0.2, 0.25) is 0 Å². The summed E-state index contributed by atoms with van der Waals surface area (Å²) in [7, 11) is 2.54. The van der Waals surface area contributed by atoms with Crippen molar-refractivity contribution in [3.05, 3.63) is 59.2 Å². The Kier molecular flexibility index (Phi) is 5.16. The van der Waals surface area contributed by atoms with Gasteiger partial charge in [0, 0.05) is 23.8 Å². The minimum Gasteiger partial charge on any atom is -0.471 e. The monoisotopic (exact) mass is 464 g/mol. The van der Waals surface area contributed by atoms with Crippen molar-refractivity contribution in [3.63, 3.8) is 0 Å². The zero-order chi connectivity index (χ0) is 24.3. The number of esters is 2. The number of nitrogens with one attached hydrogen (secondary N) is 1. The molecule has 0 radical (unpaired) electrons. The summed E-state index contributed by atoms with van der Waals surface area (Å²) < 4.78 is 17.3. The molecule has 3 aliphatic heterocycles. The van der Waals surface area contributed by atoms with Gasteiger partial charge in [-0.05, 0) is 49.9 Å². The van der Waals surface area contributed by atoms with Gasteiger partial charge in [-0.3, -0.25) is 14.5 Å². The minimum atomic E-state index is -2.00. The Morgan fingerprint density at radius 3 is 2.59 bits per heavy atom. The van der Waals surface area contributed by atoms with E-state index in [0.29, 0.717) is 30.0 Å². The van der Waals surface area contributed by atoms with Gasteiger partial charge in [0.15, 0.2) is 5.54 Å². The molecule has 0 bridgehead atoms. The molecule has 0 aromatic heterocycles. The lowest BCUT2D eigenvalue weighted by atomic mass is 9.69. The van der Waals surface area contributed by atoms with Crippen LogP contribution in [-0.4, -0.2) is 55.2 Å². The van der Waals surface area contributed by atoms with Crippen molar-refractivity contribution in [1.29, 1.82) is 0 Å². The molecule has 34 heavy (non-hydrogen) atoms. The number of anilines is 1. The average molecular weight is 465 g/mol. The van der Waals surface area contributed by atoms with E-state index in [2.05, 4.69) is 5.32 Å². The van der Waals surface area contributed by atoms with Gasteiger partial charge in [0.1, 0.15) is 11.7 Å². The number of methoxy groups -OCH3 is 2. The summed E-state index contributed by atoms with van der Waals surface area (Å²) in [6.07, 6.45) is 1.39. The Morgan fingerprint density at radius 2 is 1.85 bits per heavy atom. The molecule has 1 N–H and O–H groups in total. The van der Waals surface area contributed by atoms with E-state index >= 15 is 0 Å². The van der Waals surface area contributed by atoms with Crippen LogP contribution in [0.3, 0.4) is 0 Å². The first-order valence-corrected chi connectivity index (χ1v) is 11.4. The molecule has 4 atom stereocenters. The first kappa shape index (κ1) is 22.4. The lowest BCUT2D eigenvalue weighted by Crippen LogP contribution is -2.69. The number of carbonyl (C=O) groups is 3. The number of amides is 1. The molecular weight excluding hydrogens is 436 g/mol. The Morgan fingerprint density at radius 1 is 1.09 bits per heavy atom. The van der Waals surface area contributed by atoms with Crippen LogP contribution in [0, 0.1) is 19.8 Å². The van der Waals surface area contributed by atoms with Crippen LogP contribution in [0.1, 0.15) is 29.5 Å². The van der Waals surface area contributed by atoms with Crippen LogP contribution in [0.25, 0.3) is 0 Å². The Hall–Kier alpha value is -3.39. The molecule has 8 heteroatoms. The highest BCUT2D eigenvalue weighted by molar-refractivity contribution is 6.12. The molecule has 2 fully saturated rings. The second-order valence-electron chi connectivity index (χ2n) is 9.21. The van der Waals surface area contributed by atoms with Crippen LogP contribution >= 0.6 is 0 Å². The second-order valence-corrected chi connectivity index (χ2v) is 9.21. The highest BCUT2D eigenvalue weighted by Crippen LogP contribution is 2.61. The van der Waals surface area contributed by atoms with E-state index in [0.717, 1.165) is 17.5 Å². The van der Waals surface area contributed by atoms with Crippen molar-refractivity contribution < 1.29 is 28.6 Å². The number of benzene rings is 2. The summed E-state index contributed by atoms with van der Waals surface area (Å²) >= 11 is 0. The second kappa shape index (κ2) is 7.84. The van der Waals surface area contributed by atoms with Gasteiger partial charge in [0.05, 0.1) is 14.2 Å². The van der Waals surface area contributed by atoms with Crippen molar-refractivity contribution in [2.75, 3.05) is 26.1 Å². The lowest BCUT2D eigenvalue weighted by molar-refractivity contribution is -0.182. The minimum absolute atomic E-state index is 0.414. The third-order valence-electron chi connectivity index (χ3n) is 7.54. The first-order chi connectivity index (χ1) is 16.3. The number of hydrogen-bond donors (Lipinski definition) is 1. The summed E-state index contributed by atoms with van der Waals surface area (Å²) in [6.45, 7) is 4.29. The molecule has 1 spiro atoms. The molecule has 2 saturated heterocycles. The van der Waals surface area contributed by atoms with Crippen LogP contribution in [0.5, 0.6) is 5.75 Å². The molecule has 1 amide bonds. The van der Waals surface area contributed by atoms with Crippen LogP contribution < -0.4 is 10.1 Å². The lowest BCUT2D eigenvalue weighted by Gasteiger charge is -2.44. The number of ether oxygens (including phenoxy) is 3. The maximum Gasteiger partial charge on any atom is 0.354 e. The number of hydrogen-bond acceptors (Lipinski definition) is 7. The van der Waals surface area contributed by atoms with Gasteiger partial charge in [-0.15, -0.1) is 0 Å². The van der Waals surface area contributed by atoms with Crippen LogP contribution in [0.4, 0.5) is 5.69 Å². The van der Waals surface area contributed by atoms with Crippen molar-refractivity contribution >= 4 is 23.5 Å². The topological polar surface area (TPSA) is 94.2 Å². The van der Waals surface area contributed by atoms with E-state index < -0.39 is 40.9 Å². The molecular formula is C26H28N2O6. The Balaban J connectivity index is 1.88. The molecule has 178 valence electrons. The number of carbonyl (C=O) groups excluding carboxylic acids is 3. The number of fused-ring (bicyclic) bond motifs is 4. The number of rotatable bonds is 4. The molecule has 2 aromatic carbocycles. The van der Waals surface area contributed by atoms with E-state index in [1.807, 2.05) is 55.1 Å². The smallest absolute Gasteiger partial charge is 0.354 e. The van der Waals surface area contributed by atoms with Crippen molar-refractivity contribution in [2.45, 2.75) is 43.9 Å². The molecule has 5 rings (SSSR count). The van der Waals surface area contributed by atoms with Gasteiger partial charge in [-0.2, -0.15) is 0 Å². The number of para-hydroxylation sites is 1. The zero-order valence-electron chi connectivity index (χ0n) is 19.7. The SMILES string of the molecule is COC(=O)[C@H]1[C@@H]2CCCN2[C@@]2(C(=O)Nc3ccccc32)[C@]1(Oc1cc(C)ccc1C)C(=O)OC. The standard InChI is InChI=1S/C26H28N2O6/c1-15-11-12-16(2)20(14-15)34-26(24(31)33-4)21(22(29)32-3)19-10-7-13-28(19)25(26)17-8-5-6-9-18(17)27-23(25)30/h5-6,8-9,11-12,14,19,21H,7,10,13H2,1-4H3,(H,27,30)/t19-,21+,25-,26+/m0/s1. The largest absolute Gasteiger partial charge is 0.471 e. The molecule has 8 nitrogen and oxygen atoms in total. The van der Waals surface area contributed by atoms with E-state index in [1.165, 1.54) is 14.2 Å². The quantitative estimate of drug-likeness (QED) is 0.696. The van der Waals surface area contributed by atoms with Crippen LogP contribution in [-0.2, 0) is 29.4 Å². The molecule has 0 aliphatic carbocycles.